The van der Waals surface area contributed by atoms with E-state index in [-0.39, 0.29) is 12.4 Å². The molecule has 0 atom stereocenters. The van der Waals surface area contributed by atoms with E-state index in [1.54, 1.807) is 0 Å². The van der Waals surface area contributed by atoms with E-state index >= 15 is 0 Å². The van der Waals surface area contributed by atoms with Gasteiger partial charge in [-0.15, -0.1) is 0 Å². The first-order valence-electron chi connectivity index (χ1n) is 3.86. The summed E-state index contributed by atoms with van der Waals surface area (Å²) in [5, 5.41) is 3.87. The Kier molecular flexibility index (Phi) is 5.93. The van der Waals surface area contributed by atoms with E-state index in [0.717, 1.165) is 11.3 Å². The molecule has 0 radical (unpaired) electrons. The number of quaternary nitrogens is 1. The summed E-state index contributed by atoms with van der Waals surface area (Å²) in [6, 6.07) is 9.90. The summed E-state index contributed by atoms with van der Waals surface area (Å²) in [4.78, 5) is 4.83. The van der Waals surface area contributed by atoms with Crippen molar-refractivity contribution >= 4 is 5.71 Å². The van der Waals surface area contributed by atoms with Crippen LogP contribution in [0.4, 0.5) is 0 Å². The fourth-order valence-corrected chi connectivity index (χ4v) is 0.875. The highest BCUT2D eigenvalue weighted by molar-refractivity contribution is 5.98. The van der Waals surface area contributed by atoms with Gasteiger partial charge in [-0.2, -0.15) is 0 Å². The Morgan fingerprint density at radius 1 is 1.38 bits per heavy atom. The summed E-state index contributed by atoms with van der Waals surface area (Å²) in [6.45, 7) is 2.27. The van der Waals surface area contributed by atoms with Gasteiger partial charge < -0.3 is 23.0 Å². The topological polar surface area (TPSA) is 49.2 Å². The molecule has 0 unspecified atom stereocenters. The van der Waals surface area contributed by atoms with Crippen molar-refractivity contribution in [3.05, 3.63) is 35.9 Å². The molecule has 0 saturated carbocycles. The van der Waals surface area contributed by atoms with Crippen molar-refractivity contribution in [2.45, 2.75) is 6.92 Å². The molecule has 3 nitrogen and oxygen atoms in total. The van der Waals surface area contributed by atoms with Gasteiger partial charge in [0, 0.05) is 0 Å². The van der Waals surface area contributed by atoms with Crippen molar-refractivity contribution in [2.75, 3.05) is 6.73 Å². The maximum absolute atomic E-state index is 4.83. The van der Waals surface area contributed by atoms with Gasteiger partial charge in [-0.1, -0.05) is 35.5 Å². The van der Waals surface area contributed by atoms with E-state index in [1.807, 2.05) is 37.3 Å². The number of oxime groups is 1. The third kappa shape index (κ3) is 3.92. The minimum atomic E-state index is 0. The van der Waals surface area contributed by atoms with Crippen molar-refractivity contribution < 1.29 is 23.0 Å². The van der Waals surface area contributed by atoms with Crippen LogP contribution in [0.1, 0.15) is 12.5 Å². The number of hydrogen-bond acceptors (Lipinski definition) is 2. The van der Waals surface area contributed by atoms with Gasteiger partial charge in [0.25, 0.3) is 0 Å². The number of hydrogen-bond donors (Lipinski definition) is 1. The molecule has 72 valence electrons. The van der Waals surface area contributed by atoms with Crippen LogP contribution in [0.3, 0.4) is 0 Å². The van der Waals surface area contributed by atoms with E-state index in [4.69, 9.17) is 4.84 Å². The zero-order valence-corrected chi connectivity index (χ0v) is 8.29. The lowest BCUT2D eigenvalue weighted by Gasteiger charge is -1.97. The molecule has 4 heteroatoms. The van der Waals surface area contributed by atoms with Crippen LogP contribution in [-0.4, -0.2) is 12.4 Å². The summed E-state index contributed by atoms with van der Waals surface area (Å²) in [6.07, 6.45) is 0. The Morgan fingerprint density at radius 2 is 2.00 bits per heavy atom. The fraction of sp³-hybridized carbons (Fsp3) is 0.222. The average molecular weight is 201 g/mol. The van der Waals surface area contributed by atoms with Gasteiger partial charge in [0.1, 0.15) is 0 Å². The lowest BCUT2D eigenvalue weighted by atomic mass is 10.1. The molecule has 0 saturated heterocycles. The molecule has 3 N–H and O–H groups in total. The molecule has 0 spiro atoms. The molecule has 0 aliphatic carbocycles. The molecule has 0 aliphatic rings. The van der Waals surface area contributed by atoms with Gasteiger partial charge in [-0.3, -0.25) is 0 Å². The van der Waals surface area contributed by atoms with Crippen LogP contribution in [0.5, 0.6) is 0 Å². The monoisotopic (exact) mass is 200 g/mol. The molecule has 13 heavy (non-hydrogen) atoms. The second-order valence-corrected chi connectivity index (χ2v) is 2.38. The Balaban J connectivity index is 0.00000144. The maximum Gasteiger partial charge on any atom is 0.243 e. The second-order valence-electron chi connectivity index (χ2n) is 2.38. The second kappa shape index (κ2) is 6.46. The highest BCUT2D eigenvalue weighted by Gasteiger charge is 1.94. The lowest BCUT2D eigenvalue weighted by molar-refractivity contribution is -0.431. The third-order valence-electron chi connectivity index (χ3n) is 1.48. The van der Waals surface area contributed by atoms with Crippen LogP contribution in [0.15, 0.2) is 35.5 Å². The minimum Gasteiger partial charge on any atom is -1.00 e. The Bertz CT molecular complexity index is 262. The Hall–Kier alpha value is -1.06. The van der Waals surface area contributed by atoms with Gasteiger partial charge in [-0.25, -0.2) is 0 Å². The Morgan fingerprint density at radius 3 is 2.54 bits per heavy atom. The first kappa shape index (κ1) is 11.9. The molecule has 0 heterocycles. The molecule has 1 rings (SSSR count). The molecule has 1 aromatic carbocycles. The minimum absolute atomic E-state index is 0. The van der Waals surface area contributed by atoms with E-state index in [9.17, 15) is 0 Å². The maximum atomic E-state index is 4.83. The number of benzene rings is 1. The number of rotatable bonds is 3. The summed E-state index contributed by atoms with van der Waals surface area (Å²) in [7, 11) is 0. The van der Waals surface area contributed by atoms with E-state index in [2.05, 4.69) is 10.9 Å². The molecule has 0 aliphatic heterocycles. The third-order valence-corrected chi connectivity index (χ3v) is 1.48. The summed E-state index contributed by atoms with van der Waals surface area (Å²) in [5.74, 6) is 0. The molecular weight excluding hydrogens is 188 g/mol. The first-order chi connectivity index (χ1) is 5.84. The quantitative estimate of drug-likeness (QED) is 0.331. The predicted molar refractivity (Wildman–Crippen MR) is 47.5 cm³/mol. The smallest absolute Gasteiger partial charge is 0.243 e. The molecule has 0 fully saturated rings. The van der Waals surface area contributed by atoms with Crippen molar-refractivity contribution in [3.8, 4) is 0 Å². The van der Waals surface area contributed by atoms with Crippen LogP contribution in [0.25, 0.3) is 0 Å². The highest BCUT2D eigenvalue weighted by Crippen LogP contribution is 2.00. The molecule has 0 bridgehead atoms. The van der Waals surface area contributed by atoms with Crippen LogP contribution >= 0.6 is 0 Å². The predicted octanol–water partition coefficient (Wildman–Crippen LogP) is -2.37. The van der Waals surface area contributed by atoms with Crippen LogP contribution < -0.4 is 18.1 Å². The number of halogens is 1. The van der Waals surface area contributed by atoms with E-state index < -0.39 is 0 Å². The summed E-state index contributed by atoms with van der Waals surface area (Å²) < 4.78 is 0. The molecule has 0 aromatic heterocycles. The molecule has 0 amide bonds. The van der Waals surface area contributed by atoms with Crippen molar-refractivity contribution in [1.29, 1.82) is 0 Å². The Labute approximate surface area is 84.0 Å². The van der Waals surface area contributed by atoms with Crippen molar-refractivity contribution in [1.82, 2.24) is 0 Å². The first-order valence-corrected chi connectivity index (χ1v) is 3.86. The van der Waals surface area contributed by atoms with Crippen molar-refractivity contribution in [3.63, 3.8) is 0 Å². The standard InChI is InChI=1S/C9H12N2O.ClH/c1-8(11-12-7-10)9-5-3-2-4-6-9;/h2-6H,7,10H2,1H3;1H/b11-8+;. The fourth-order valence-electron chi connectivity index (χ4n) is 0.875. The normalized spacial score (nSPS) is 10.5. The summed E-state index contributed by atoms with van der Waals surface area (Å²) >= 11 is 0. The summed E-state index contributed by atoms with van der Waals surface area (Å²) in [5.41, 5.74) is 5.47. The van der Waals surface area contributed by atoms with Crippen LogP contribution in [0.2, 0.25) is 0 Å². The van der Waals surface area contributed by atoms with Gasteiger partial charge in [0.2, 0.25) is 6.73 Å². The largest absolute Gasteiger partial charge is 1.00 e. The molecule has 1 aromatic rings. The van der Waals surface area contributed by atoms with Gasteiger partial charge >= 0.3 is 0 Å². The SMILES string of the molecule is C/C(=N\OC[NH3+])c1ccccc1.[Cl-]. The zero-order chi connectivity index (χ0) is 8.81. The van der Waals surface area contributed by atoms with Crippen molar-refractivity contribution in [2.24, 2.45) is 5.16 Å². The lowest BCUT2D eigenvalue weighted by Crippen LogP contribution is -3.00. The van der Waals surface area contributed by atoms with Crippen LogP contribution in [-0.2, 0) is 4.84 Å². The van der Waals surface area contributed by atoms with Gasteiger partial charge in [0.15, 0.2) is 0 Å². The average Bonchev–Trinajstić information content (AvgIpc) is 2.15. The van der Waals surface area contributed by atoms with E-state index in [1.165, 1.54) is 0 Å². The van der Waals surface area contributed by atoms with Gasteiger partial charge in [0.05, 0.1) is 5.71 Å². The zero-order valence-electron chi connectivity index (χ0n) is 7.53. The molecular formula is C9H13ClN2O. The van der Waals surface area contributed by atoms with Crippen LogP contribution in [0, 0.1) is 0 Å². The number of nitrogens with zero attached hydrogens (tertiary/aromatic N) is 1. The van der Waals surface area contributed by atoms with E-state index in [0.29, 0.717) is 6.73 Å². The van der Waals surface area contributed by atoms with Gasteiger partial charge in [-0.05, 0) is 12.5 Å². The highest BCUT2D eigenvalue weighted by atomic mass is 35.5.